The number of rotatable bonds is 4. The molecule has 3 aromatic rings. The number of piperazine rings is 1. The Morgan fingerprint density at radius 3 is 2.55 bits per heavy atom. The van der Waals surface area contributed by atoms with Crippen molar-refractivity contribution in [2.45, 2.75) is 26.3 Å². The van der Waals surface area contributed by atoms with Gasteiger partial charge in [0, 0.05) is 53.7 Å². The van der Waals surface area contributed by atoms with Gasteiger partial charge in [-0.15, -0.1) is 0 Å². The minimum absolute atomic E-state index is 0.0852. The summed E-state index contributed by atoms with van der Waals surface area (Å²) in [5.74, 6) is 0.942. The van der Waals surface area contributed by atoms with Crippen molar-refractivity contribution in [3.05, 3.63) is 75.5 Å². The maximum Gasteiger partial charge on any atom is 0.254 e. The van der Waals surface area contributed by atoms with E-state index in [1.807, 2.05) is 29.2 Å². The summed E-state index contributed by atoms with van der Waals surface area (Å²) in [6, 6.07) is 16.2. The molecular weight excluding hydrogens is 448 g/mol. The Morgan fingerprint density at radius 2 is 1.86 bits per heavy atom. The van der Waals surface area contributed by atoms with E-state index in [9.17, 15) is 4.79 Å². The fourth-order valence-electron chi connectivity index (χ4n) is 3.52. The SMILES string of the molecule is Cc1ccc(Cc2nsc(N3CCN(C(=O)c4ccc(Br)cc4)C(C)C3)n2)cc1. The van der Waals surface area contributed by atoms with Gasteiger partial charge in [-0.3, -0.25) is 4.79 Å². The molecule has 0 N–H and O–H groups in total. The molecule has 0 bridgehead atoms. The third kappa shape index (κ3) is 4.67. The minimum atomic E-state index is 0.0852. The molecule has 2 aromatic carbocycles. The number of benzene rings is 2. The number of hydrogen-bond donors (Lipinski definition) is 0. The Labute approximate surface area is 183 Å². The van der Waals surface area contributed by atoms with E-state index >= 15 is 0 Å². The van der Waals surface area contributed by atoms with Gasteiger partial charge in [0.2, 0.25) is 5.13 Å². The Balaban J connectivity index is 1.39. The smallest absolute Gasteiger partial charge is 0.254 e. The van der Waals surface area contributed by atoms with E-state index in [1.54, 1.807) is 0 Å². The summed E-state index contributed by atoms with van der Waals surface area (Å²) in [5.41, 5.74) is 3.20. The standard InChI is InChI=1S/C22H23BrN4OS/c1-15-3-5-17(6-4-15)13-20-24-22(29-25-20)26-11-12-27(16(2)14-26)21(28)18-7-9-19(23)10-8-18/h3-10,16H,11-14H2,1-2H3. The Bertz CT molecular complexity index is 987. The zero-order valence-electron chi connectivity index (χ0n) is 16.5. The number of amides is 1. The fourth-order valence-corrected chi connectivity index (χ4v) is 4.51. The predicted molar refractivity (Wildman–Crippen MR) is 121 cm³/mol. The topological polar surface area (TPSA) is 49.3 Å². The average Bonchev–Trinajstić information content (AvgIpc) is 3.18. The van der Waals surface area contributed by atoms with Gasteiger partial charge in [-0.05, 0) is 43.7 Å². The molecule has 1 aliphatic rings. The van der Waals surface area contributed by atoms with Gasteiger partial charge in [-0.1, -0.05) is 45.8 Å². The Kier molecular flexibility index (Phi) is 5.96. The molecule has 29 heavy (non-hydrogen) atoms. The van der Waals surface area contributed by atoms with Gasteiger partial charge < -0.3 is 9.80 Å². The van der Waals surface area contributed by atoms with Crippen molar-refractivity contribution in [1.29, 1.82) is 0 Å². The number of carbonyl (C=O) groups excluding carboxylic acids is 1. The first kappa shape index (κ1) is 20.0. The van der Waals surface area contributed by atoms with Crippen molar-refractivity contribution in [3.8, 4) is 0 Å². The van der Waals surface area contributed by atoms with Gasteiger partial charge in [-0.2, -0.15) is 4.37 Å². The molecule has 0 spiro atoms. The van der Waals surface area contributed by atoms with Gasteiger partial charge in [0.15, 0.2) is 0 Å². The molecular formula is C22H23BrN4OS. The van der Waals surface area contributed by atoms with Crippen LogP contribution in [0.1, 0.15) is 34.2 Å². The Morgan fingerprint density at radius 1 is 1.14 bits per heavy atom. The van der Waals surface area contributed by atoms with E-state index in [2.05, 4.69) is 63.3 Å². The molecule has 1 saturated heterocycles. The summed E-state index contributed by atoms with van der Waals surface area (Å²) < 4.78 is 5.52. The van der Waals surface area contributed by atoms with E-state index in [1.165, 1.54) is 22.7 Å². The highest BCUT2D eigenvalue weighted by molar-refractivity contribution is 9.10. The van der Waals surface area contributed by atoms with Crippen molar-refractivity contribution in [1.82, 2.24) is 14.3 Å². The summed E-state index contributed by atoms with van der Waals surface area (Å²) in [7, 11) is 0. The highest BCUT2D eigenvalue weighted by Gasteiger charge is 2.29. The van der Waals surface area contributed by atoms with Crippen LogP contribution < -0.4 is 4.90 Å². The third-order valence-electron chi connectivity index (χ3n) is 5.19. The molecule has 1 atom stereocenters. The highest BCUT2D eigenvalue weighted by Crippen LogP contribution is 2.24. The monoisotopic (exact) mass is 470 g/mol. The lowest BCUT2D eigenvalue weighted by Crippen LogP contribution is -2.54. The molecule has 0 radical (unpaired) electrons. The van der Waals surface area contributed by atoms with E-state index in [0.29, 0.717) is 6.54 Å². The molecule has 0 saturated carbocycles. The largest absolute Gasteiger partial charge is 0.343 e. The molecule has 1 aromatic heterocycles. The number of carbonyl (C=O) groups is 1. The first-order chi connectivity index (χ1) is 14.0. The normalized spacial score (nSPS) is 16.9. The van der Waals surface area contributed by atoms with Gasteiger partial charge in [0.05, 0.1) is 0 Å². The van der Waals surface area contributed by atoms with Gasteiger partial charge >= 0.3 is 0 Å². The second-order valence-electron chi connectivity index (χ2n) is 7.46. The zero-order valence-corrected chi connectivity index (χ0v) is 18.9. The molecule has 150 valence electrons. The fraction of sp³-hybridized carbons (Fsp3) is 0.318. The zero-order chi connectivity index (χ0) is 20.4. The van der Waals surface area contributed by atoms with E-state index in [-0.39, 0.29) is 11.9 Å². The predicted octanol–water partition coefficient (Wildman–Crippen LogP) is 4.55. The van der Waals surface area contributed by atoms with Gasteiger partial charge in [-0.25, -0.2) is 4.98 Å². The van der Waals surface area contributed by atoms with Crippen LogP contribution in [-0.4, -0.2) is 45.8 Å². The molecule has 2 heterocycles. The van der Waals surface area contributed by atoms with Crippen molar-refractivity contribution >= 4 is 38.5 Å². The van der Waals surface area contributed by atoms with Crippen LogP contribution in [0, 0.1) is 6.92 Å². The molecule has 1 unspecified atom stereocenters. The number of anilines is 1. The maximum atomic E-state index is 12.9. The van der Waals surface area contributed by atoms with Gasteiger partial charge in [0.25, 0.3) is 5.91 Å². The number of aromatic nitrogens is 2. The molecule has 1 amide bonds. The summed E-state index contributed by atoms with van der Waals surface area (Å²) in [5, 5.41) is 0.940. The summed E-state index contributed by atoms with van der Waals surface area (Å²) in [6.07, 6.45) is 0.744. The molecule has 7 heteroatoms. The molecule has 5 nitrogen and oxygen atoms in total. The lowest BCUT2D eigenvalue weighted by molar-refractivity contribution is 0.0674. The number of aryl methyl sites for hydroxylation is 1. The van der Waals surface area contributed by atoms with Crippen molar-refractivity contribution < 1.29 is 4.79 Å². The van der Waals surface area contributed by atoms with Crippen LogP contribution in [0.4, 0.5) is 5.13 Å². The van der Waals surface area contributed by atoms with Crippen LogP contribution in [0.3, 0.4) is 0 Å². The van der Waals surface area contributed by atoms with Crippen molar-refractivity contribution in [2.24, 2.45) is 0 Å². The summed E-state index contributed by atoms with van der Waals surface area (Å²) in [4.78, 5) is 21.8. The lowest BCUT2D eigenvalue weighted by Gasteiger charge is -2.39. The highest BCUT2D eigenvalue weighted by atomic mass is 79.9. The first-order valence-electron chi connectivity index (χ1n) is 9.69. The Hall–Kier alpha value is -2.25. The van der Waals surface area contributed by atoms with Crippen molar-refractivity contribution in [2.75, 3.05) is 24.5 Å². The number of nitrogens with zero attached hydrogens (tertiary/aromatic N) is 4. The van der Waals surface area contributed by atoms with Crippen LogP contribution in [0.15, 0.2) is 53.0 Å². The second kappa shape index (κ2) is 8.63. The lowest BCUT2D eigenvalue weighted by atomic mass is 10.1. The third-order valence-corrected chi connectivity index (χ3v) is 6.53. The number of halogens is 1. The van der Waals surface area contributed by atoms with E-state index in [4.69, 9.17) is 4.98 Å². The van der Waals surface area contributed by atoms with Crippen LogP contribution in [-0.2, 0) is 6.42 Å². The average molecular weight is 471 g/mol. The number of hydrogen-bond acceptors (Lipinski definition) is 5. The van der Waals surface area contributed by atoms with Crippen LogP contribution >= 0.6 is 27.5 Å². The summed E-state index contributed by atoms with van der Waals surface area (Å²) in [6.45, 7) is 6.40. The van der Waals surface area contributed by atoms with Crippen LogP contribution in [0.5, 0.6) is 0 Å². The first-order valence-corrected chi connectivity index (χ1v) is 11.3. The molecule has 4 rings (SSSR count). The van der Waals surface area contributed by atoms with E-state index in [0.717, 1.165) is 40.5 Å². The molecule has 1 aliphatic heterocycles. The van der Waals surface area contributed by atoms with E-state index < -0.39 is 0 Å². The van der Waals surface area contributed by atoms with Gasteiger partial charge in [0.1, 0.15) is 5.82 Å². The maximum absolute atomic E-state index is 12.9. The quantitative estimate of drug-likeness (QED) is 0.560. The van der Waals surface area contributed by atoms with Crippen LogP contribution in [0.25, 0.3) is 0 Å². The molecule has 1 fully saturated rings. The van der Waals surface area contributed by atoms with Crippen molar-refractivity contribution in [3.63, 3.8) is 0 Å². The summed E-state index contributed by atoms with van der Waals surface area (Å²) >= 11 is 4.86. The molecule has 0 aliphatic carbocycles. The minimum Gasteiger partial charge on any atom is -0.343 e. The second-order valence-corrected chi connectivity index (χ2v) is 9.10. The van der Waals surface area contributed by atoms with Crippen LogP contribution in [0.2, 0.25) is 0 Å².